The highest BCUT2D eigenvalue weighted by atomic mass is 35.5. The van der Waals surface area contributed by atoms with Crippen LogP contribution in [0.4, 0.5) is 8.78 Å². The van der Waals surface area contributed by atoms with E-state index in [0.29, 0.717) is 5.56 Å². The van der Waals surface area contributed by atoms with E-state index in [-0.39, 0.29) is 25.4 Å². The van der Waals surface area contributed by atoms with Gasteiger partial charge in [0.05, 0.1) is 5.41 Å². The van der Waals surface area contributed by atoms with Crippen LogP contribution >= 0.6 is 12.4 Å². The van der Waals surface area contributed by atoms with E-state index in [1.165, 1.54) is 0 Å². The fraction of sp³-hybridized carbons (Fsp3) is 0.400. The molecule has 1 saturated carbocycles. The number of rotatable bonds is 2. The summed E-state index contributed by atoms with van der Waals surface area (Å²) in [5.41, 5.74) is 4.98. The van der Waals surface area contributed by atoms with E-state index in [1.807, 2.05) is 6.07 Å². The largest absolute Gasteiger partial charge is 0.329 e. The van der Waals surface area contributed by atoms with E-state index in [0.717, 1.165) is 0 Å². The van der Waals surface area contributed by atoms with Gasteiger partial charge in [0.15, 0.2) is 0 Å². The summed E-state index contributed by atoms with van der Waals surface area (Å²) in [7, 11) is 0. The van der Waals surface area contributed by atoms with Crippen LogP contribution in [0, 0.1) is 0 Å². The van der Waals surface area contributed by atoms with E-state index >= 15 is 0 Å². The number of hydrogen-bond acceptors (Lipinski definition) is 1. The minimum absolute atomic E-state index is 0. The van der Waals surface area contributed by atoms with Gasteiger partial charge in [0, 0.05) is 13.0 Å². The smallest absolute Gasteiger partial charge is 0.260 e. The maximum Gasteiger partial charge on any atom is 0.260 e. The van der Waals surface area contributed by atoms with E-state index < -0.39 is 11.3 Å². The van der Waals surface area contributed by atoms with Crippen molar-refractivity contribution in [2.24, 2.45) is 5.73 Å². The maximum atomic E-state index is 13.1. The first-order chi connectivity index (χ1) is 6.12. The van der Waals surface area contributed by atoms with Crippen LogP contribution in [-0.2, 0) is 5.41 Å². The molecule has 2 rings (SSSR count). The topological polar surface area (TPSA) is 26.0 Å². The minimum Gasteiger partial charge on any atom is -0.329 e. The Morgan fingerprint density at radius 3 is 2.07 bits per heavy atom. The molecule has 0 saturated heterocycles. The average Bonchev–Trinajstić information content (AvgIpc) is 2.72. The van der Waals surface area contributed by atoms with Gasteiger partial charge in [0.2, 0.25) is 0 Å². The summed E-state index contributed by atoms with van der Waals surface area (Å²) in [4.78, 5) is 0. The lowest BCUT2D eigenvalue weighted by Crippen LogP contribution is -2.26. The normalized spacial score (nSPS) is 27.9. The summed E-state index contributed by atoms with van der Waals surface area (Å²) < 4.78 is 26.1. The molecule has 0 spiro atoms. The molecule has 0 amide bonds. The van der Waals surface area contributed by atoms with Crippen molar-refractivity contribution in [2.45, 2.75) is 17.8 Å². The van der Waals surface area contributed by atoms with E-state index in [9.17, 15) is 8.78 Å². The van der Waals surface area contributed by atoms with Gasteiger partial charge < -0.3 is 5.73 Å². The molecule has 1 aliphatic carbocycles. The average molecular weight is 220 g/mol. The fourth-order valence-corrected chi connectivity index (χ4v) is 1.74. The standard InChI is InChI=1S/C10H11F2N.ClH/c11-10(12)6-9(10,7-13)8-4-2-1-3-5-8;/h1-5H,6-7,13H2;1H. The van der Waals surface area contributed by atoms with E-state index in [4.69, 9.17) is 5.73 Å². The molecule has 1 unspecified atom stereocenters. The van der Waals surface area contributed by atoms with Crippen LogP contribution < -0.4 is 5.73 Å². The summed E-state index contributed by atoms with van der Waals surface area (Å²) in [6.07, 6.45) is -0.111. The van der Waals surface area contributed by atoms with Gasteiger partial charge in [0.1, 0.15) is 0 Å². The lowest BCUT2D eigenvalue weighted by molar-refractivity contribution is 0.0896. The molecule has 1 aliphatic rings. The molecule has 0 bridgehead atoms. The van der Waals surface area contributed by atoms with Gasteiger partial charge in [-0.2, -0.15) is 0 Å². The summed E-state index contributed by atoms with van der Waals surface area (Å²) in [6, 6.07) is 8.78. The zero-order valence-corrected chi connectivity index (χ0v) is 8.36. The zero-order chi connectivity index (χ0) is 9.53. The van der Waals surface area contributed by atoms with Crippen LogP contribution in [0.25, 0.3) is 0 Å². The second kappa shape index (κ2) is 3.48. The second-order valence-electron chi connectivity index (χ2n) is 3.53. The Bertz CT molecular complexity index is 315. The predicted molar refractivity (Wildman–Crippen MR) is 54.0 cm³/mol. The molecular formula is C10H12ClF2N. The van der Waals surface area contributed by atoms with E-state index in [1.54, 1.807) is 24.3 Å². The Hall–Kier alpha value is -0.670. The molecule has 1 fully saturated rings. The number of alkyl halides is 2. The van der Waals surface area contributed by atoms with Crippen molar-refractivity contribution >= 4 is 12.4 Å². The van der Waals surface area contributed by atoms with Gasteiger partial charge in [-0.05, 0) is 5.56 Å². The molecule has 78 valence electrons. The minimum atomic E-state index is -2.61. The van der Waals surface area contributed by atoms with Crippen LogP contribution in [0.5, 0.6) is 0 Å². The molecule has 0 radical (unpaired) electrons. The highest BCUT2D eigenvalue weighted by molar-refractivity contribution is 5.85. The first-order valence-corrected chi connectivity index (χ1v) is 4.26. The molecule has 0 aromatic heterocycles. The quantitative estimate of drug-likeness (QED) is 0.812. The predicted octanol–water partition coefficient (Wildman–Crippen LogP) is 2.34. The fourth-order valence-electron chi connectivity index (χ4n) is 1.74. The summed E-state index contributed by atoms with van der Waals surface area (Å²) >= 11 is 0. The van der Waals surface area contributed by atoms with Gasteiger partial charge in [-0.1, -0.05) is 30.3 Å². The highest BCUT2D eigenvalue weighted by Gasteiger charge is 2.70. The first kappa shape index (κ1) is 11.4. The van der Waals surface area contributed by atoms with Crippen molar-refractivity contribution in [1.29, 1.82) is 0 Å². The number of halogens is 3. The Morgan fingerprint density at radius 2 is 1.71 bits per heavy atom. The molecular weight excluding hydrogens is 208 g/mol. The van der Waals surface area contributed by atoms with Crippen molar-refractivity contribution < 1.29 is 8.78 Å². The number of benzene rings is 1. The molecule has 14 heavy (non-hydrogen) atoms. The van der Waals surface area contributed by atoms with Gasteiger partial charge in [-0.3, -0.25) is 0 Å². The molecule has 4 heteroatoms. The monoisotopic (exact) mass is 219 g/mol. The van der Waals surface area contributed by atoms with Crippen molar-refractivity contribution in [1.82, 2.24) is 0 Å². The van der Waals surface area contributed by atoms with Crippen LogP contribution in [0.2, 0.25) is 0 Å². The highest BCUT2D eigenvalue weighted by Crippen LogP contribution is 2.60. The van der Waals surface area contributed by atoms with E-state index in [2.05, 4.69) is 0 Å². The Labute approximate surface area is 87.7 Å². The third-order valence-electron chi connectivity index (χ3n) is 2.77. The number of nitrogens with two attached hydrogens (primary N) is 1. The number of hydrogen-bond donors (Lipinski definition) is 1. The molecule has 1 nitrogen and oxygen atoms in total. The third-order valence-corrected chi connectivity index (χ3v) is 2.77. The molecule has 1 atom stereocenters. The molecule has 1 aromatic carbocycles. The van der Waals surface area contributed by atoms with Crippen molar-refractivity contribution in [3.8, 4) is 0 Å². The van der Waals surface area contributed by atoms with Crippen LogP contribution in [0.15, 0.2) is 30.3 Å². The molecule has 0 heterocycles. The van der Waals surface area contributed by atoms with Crippen molar-refractivity contribution in [3.05, 3.63) is 35.9 Å². The van der Waals surface area contributed by atoms with Crippen LogP contribution in [0.3, 0.4) is 0 Å². The van der Waals surface area contributed by atoms with Crippen molar-refractivity contribution in [2.75, 3.05) is 6.54 Å². The molecule has 2 N–H and O–H groups in total. The Balaban J connectivity index is 0.000000980. The third kappa shape index (κ3) is 1.41. The molecule has 0 aliphatic heterocycles. The Kier molecular flexibility index (Phi) is 2.83. The SMILES string of the molecule is Cl.NCC1(c2ccccc2)CC1(F)F. The van der Waals surface area contributed by atoms with Crippen LogP contribution in [0.1, 0.15) is 12.0 Å². The molecule has 1 aromatic rings. The maximum absolute atomic E-state index is 13.1. The summed E-state index contributed by atoms with van der Waals surface area (Å²) in [5.74, 6) is -2.61. The van der Waals surface area contributed by atoms with Gasteiger partial charge in [-0.25, -0.2) is 8.78 Å². The first-order valence-electron chi connectivity index (χ1n) is 4.26. The summed E-state index contributed by atoms with van der Waals surface area (Å²) in [6.45, 7) is 0.0179. The van der Waals surface area contributed by atoms with Crippen LogP contribution in [-0.4, -0.2) is 12.5 Å². The zero-order valence-electron chi connectivity index (χ0n) is 7.54. The van der Waals surface area contributed by atoms with Gasteiger partial charge in [-0.15, -0.1) is 12.4 Å². The lowest BCUT2D eigenvalue weighted by Gasteiger charge is -2.13. The van der Waals surface area contributed by atoms with Gasteiger partial charge >= 0.3 is 0 Å². The second-order valence-corrected chi connectivity index (χ2v) is 3.53. The van der Waals surface area contributed by atoms with Gasteiger partial charge in [0.25, 0.3) is 5.92 Å². The lowest BCUT2D eigenvalue weighted by atomic mass is 9.96. The Morgan fingerprint density at radius 1 is 1.21 bits per heavy atom. The summed E-state index contributed by atoms with van der Waals surface area (Å²) in [5, 5.41) is 0. The van der Waals surface area contributed by atoms with Crippen molar-refractivity contribution in [3.63, 3.8) is 0 Å².